The molecule has 0 radical (unpaired) electrons. The quantitative estimate of drug-likeness (QED) is 0.585. The molecule has 2 aromatic rings. The van der Waals surface area contributed by atoms with Crippen LogP contribution in [0.5, 0.6) is 5.75 Å². The Hall–Kier alpha value is -2.47. The predicted octanol–water partition coefficient (Wildman–Crippen LogP) is 3.44. The molecule has 0 bridgehead atoms. The Labute approximate surface area is 168 Å². The molecule has 0 spiro atoms. The summed E-state index contributed by atoms with van der Waals surface area (Å²) in [6.45, 7) is 5.78. The zero-order valence-electron chi connectivity index (χ0n) is 17.4. The van der Waals surface area contributed by atoms with Crippen molar-refractivity contribution in [3.05, 3.63) is 53.5 Å². The maximum Gasteiger partial charge on any atom is 0.193 e. The summed E-state index contributed by atoms with van der Waals surface area (Å²) in [4.78, 5) is 9.11. The average Bonchev–Trinajstić information content (AvgIpc) is 3.38. The first kappa shape index (κ1) is 20.3. The second-order valence-corrected chi connectivity index (χ2v) is 7.34. The molecule has 1 atom stereocenters. The summed E-state index contributed by atoms with van der Waals surface area (Å²) < 4.78 is 11.2. The Kier molecular flexibility index (Phi) is 6.98. The van der Waals surface area contributed by atoms with Crippen molar-refractivity contribution < 1.29 is 9.15 Å². The average molecular weight is 385 g/mol. The van der Waals surface area contributed by atoms with E-state index in [0.717, 1.165) is 49.4 Å². The fourth-order valence-electron chi connectivity index (χ4n) is 3.75. The number of hydrogen-bond donors (Lipinski definition) is 1. The minimum absolute atomic E-state index is 0.224. The molecule has 1 aliphatic rings. The van der Waals surface area contributed by atoms with Crippen LogP contribution in [0.15, 0.2) is 45.8 Å². The summed E-state index contributed by atoms with van der Waals surface area (Å²) >= 11 is 0. The second kappa shape index (κ2) is 9.64. The molecule has 1 unspecified atom stereocenters. The molecule has 0 saturated carbocycles. The number of hydrogen-bond acceptors (Lipinski definition) is 4. The molecule has 3 rings (SSSR count). The van der Waals surface area contributed by atoms with E-state index in [1.165, 1.54) is 18.4 Å². The Morgan fingerprint density at radius 2 is 1.93 bits per heavy atom. The lowest BCUT2D eigenvalue weighted by molar-refractivity contribution is 0.212. The molecule has 0 amide bonds. The van der Waals surface area contributed by atoms with Crippen LogP contribution in [-0.4, -0.2) is 56.6 Å². The molecule has 1 saturated heterocycles. The fraction of sp³-hybridized carbons (Fsp3) is 0.500. The minimum Gasteiger partial charge on any atom is -0.497 e. The molecule has 152 valence electrons. The van der Waals surface area contributed by atoms with Gasteiger partial charge in [-0.1, -0.05) is 12.1 Å². The molecule has 6 heteroatoms. The monoisotopic (exact) mass is 384 g/mol. The van der Waals surface area contributed by atoms with Gasteiger partial charge >= 0.3 is 0 Å². The van der Waals surface area contributed by atoms with Crippen molar-refractivity contribution in [2.24, 2.45) is 4.99 Å². The third kappa shape index (κ3) is 5.07. The number of ether oxygens (including phenoxy) is 1. The van der Waals surface area contributed by atoms with Crippen LogP contribution < -0.4 is 10.1 Å². The number of furan rings is 1. The Bertz CT molecular complexity index is 763. The van der Waals surface area contributed by atoms with Crippen molar-refractivity contribution in [3.8, 4) is 5.75 Å². The fourth-order valence-corrected chi connectivity index (χ4v) is 3.75. The van der Waals surface area contributed by atoms with Crippen molar-refractivity contribution in [2.75, 3.05) is 40.8 Å². The van der Waals surface area contributed by atoms with Gasteiger partial charge in [0.2, 0.25) is 0 Å². The summed E-state index contributed by atoms with van der Waals surface area (Å²) in [6.07, 6.45) is 2.50. The maximum absolute atomic E-state index is 5.95. The molecule has 1 aromatic carbocycles. The Balaban J connectivity index is 1.63. The van der Waals surface area contributed by atoms with E-state index >= 15 is 0 Å². The van der Waals surface area contributed by atoms with Gasteiger partial charge in [0.1, 0.15) is 17.3 Å². The van der Waals surface area contributed by atoms with E-state index in [2.05, 4.69) is 45.4 Å². The summed E-state index contributed by atoms with van der Waals surface area (Å²) in [6, 6.07) is 12.5. The SMILES string of the molecule is CN=C(NCC(c1ccc(C)o1)N1CCCC1)N(C)Cc1ccc(OC)cc1. The van der Waals surface area contributed by atoms with Crippen LogP contribution in [0.2, 0.25) is 0 Å². The van der Waals surface area contributed by atoms with Crippen LogP contribution in [0.4, 0.5) is 0 Å². The first-order chi connectivity index (χ1) is 13.6. The van der Waals surface area contributed by atoms with Crippen molar-refractivity contribution in [1.82, 2.24) is 15.1 Å². The number of likely N-dealkylation sites (tertiary alicyclic amines) is 1. The molecular weight excluding hydrogens is 352 g/mol. The van der Waals surface area contributed by atoms with Gasteiger partial charge in [-0.05, 0) is 62.7 Å². The van der Waals surface area contributed by atoms with Crippen molar-refractivity contribution in [3.63, 3.8) is 0 Å². The molecular formula is C22H32N4O2. The van der Waals surface area contributed by atoms with Crippen LogP contribution in [0.25, 0.3) is 0 Å². The molecule has 1 N–H and O–H groups in total. The maximum atomic E-state index is 5.95. The van der Waals surface area contributed by atoms with Crippen LogP contribution in [0.3, 0.4) is 0 Å². The van der Waals surface area contributed by atoms with Gasteiger partial charge in [0.05, 0.1) is 13.2 Å². The molecule has 28 heavy (non-hydrogen) atoms. The second-order valence-electron chi connectivity index (χ2n) is 7.34. The summed E-state index contributed by atoms with van der Waals surface area (Å²) in [5.41, 5.74) is 1.21. The van der Waals surface area contributed by atoms with Gasteiger partial charge in [-0.3, -0.25) is 9.89 Å². The lowest BCUT2D eigenvalue weighted by atomic mass is 10.2. The van der Waals surface area contributed by atoms with E-state index in [4.69, 9.17) is 9.15 Å². The topological polar surface area (TPSA) is 53.2 Å². The van der Waals surface area contributed by atoms with Gasteiger partial charge in [0.15, 0.2) is 5.96 Å². The molecule has 0 aliphatic carbocycles. The minimum atomic E-state index is 0.224. The largest absolute Gasteiger partial charge is 0.497 e. The van der Waals surface area contributed by atoms with E-state index < -0.39 is 0 Å². The third-order valence-electron chi connectivity index (χ3n) is 5.28. The lowest BCUT2D eigenvalue weighted by Crippen LogP contribution is -2.43. The van der Waals surface area contributed by atoms with Crippen LogP contribution in [0, 0.1) is 6.92 Å². The van der Waals surface area contributed by atoms with E-state index in [-0.39, 0.29) is 6.04 Å². The number of rotatable bonds is 7. The number of aliphatic imine (C=N–C) groups is 1. The zero-order chi connectivity index (χ0) is 19.9. The first-order valence-electron chi connectivity index (χ1n) is 9.96. The number of aryl methyl sites for hydroxylation is 1. The number of nitrogens with zero attached hydrogens (tertiary/aromatic N) is 3. The standard InChI is InChI=1S/C22H32N4O2/c1-17-7-12-21(28-17)20(26-13-5-6-14-26)15-24-22(23-2)25(3)16-18-8-10-19(27-4)11-9-18/h7-12,20H,5-6,13-16H2,1-4H3,(H,23,24). The number of methoxy groups -OCH3 is 1. The smallest absolute Gasteiger partial charge is 0.193 e. The van der Waals surface area contributed by atoms with Gasteiger partial charge in [-0.25, -0.2) is 0 Å². The Morgan fingerprint density at radius 3 is 2.50 bits per heavy atom. The predicted molar refractivity (Wildman–Crippen MR) is 113 cm³/mol. The van der Waals surface area contributed by atoms with Crippen LogP contribution >= 0.6 is 0 Å². The van der Waals surface area contributed by atoms with E-state index in [9.17, 15) is 0 Å². The molecule has 1 aromatic heterocycles. The number of nitrogens with one attached hydrogen (secondary N) is 1. The van der Waals surface area contributed by atoms with Gasteiger partial charge in [0.25, 0.3) is 0 Å². The van der Waals surface area contributed by atoms with Crippen LogP contribution in [0.1, 0.15) is 36.0 Å². The summed E-state index contributed by atoms with van der Waals surface area (Å²) in [7, 11) is 5.57. The van der Waals surface area contributed by atoms with Gasteiger partial charge in [-0.2, -0.15) is 0 Å². The zero-order valence-corrected chi connectivity index (χ0v) is 17.4. The highest BCUT2D eigenvalue weighted by Crippen LogP contribution is 2.26. The molecule has 2 heterocycles. The third-order valence-corrected chi connectivity index (χ3v) is 5.28. The summed E-state index contributed by atoms with van der Waals surface area (Å²) in [5.74, 6) is 3.74. The lowest BCUT2D eigenvalue weighted by Gasteiger charge is -2.29. The first-order valence-corrected chi connectivity index (χ1v) is 9.96. The highest BCUT2D eigenvalue weighted by molar-refractivity contribution is 5.79. The highest BCUT2D eigenvalue weighted by Gasteiger charge is 2.26. The summed E-state index contributed by atoms with van der Waals surface area (Å²) in [5, 5.41) is 3.55. The van der Waals surface area contributed by atoms with E-state index in [1.54, 1.807) is 7.11 Å². The van der Waals surface area contributed by atoms with Gasteiger partial charge in [-0.15, -0.1) is 0 Å². The van der Waals surface area contributed by atoms with Crippen LogP contribution in [-0.2, 0) is 6.54 Å². The normalized spacial score (nSPS) is 16.2. The van der Waals surface area contributed by atoms with E-state index in [0.29, 0.717) is 0 Å². The Morgan fingerprint density at radius 1 is 1.21 bits per heavy atom. The van der Waals surface area contributed by atoms with Crippen molar-refractivity contribution in [1.29, 1.82) is 0 Å². The van der Waals surface area contributed by atoms with Crippen molar-refractivity contribution in [2.45, 2.75) is 32.4 Å². The molecule has 1 aliphatic heterocycles. The van der Waals surface area contributed by atoms with E-state index in [1.807, 2.05) is 32.2 Å². The molecule has 6 nitrogen and oxygen atoms in total. The van der Waals surface area contributed by atoms with Crippen molar-refractivity contribution >= 4 is 5.96 Å². The number of benzene rings is 1. The molecule has 1 fully saturated rings. The number of guanidine groups is 1. The highest BCUT2D eigenvalue weighted by atomic mass is 16.5. The van der Waals surface area contributed by atoms with Gasteiger partial charge < -0.3 is 19.4 Å². The van der Waals surface area contributed by atoms with Gasteiger partial charge in [0, 0.05) is 27.2 Å².